The van der Waals surface area contributed by atoms with Crippen LogP contribution in [-0.2, 0) is 5.41 Å². The molecule has 6 rings (SSSR count). The van der Waals surface area contributed by atoms with Gasteiger partial charge in [-0.25, -0.2) is 0 Å². The zero-order valence-electron chi connectivity index (χ0n) is 23.2. The molecule has 3 fully saturated rings. The summed E-state index contributed by atoms with van der Waals surface area (Å²) in [6.07, 6.45) is 22.8. The summed E-state index contributed by atoms with van der Waals surface area (Å²) in [6.45, 7) is 4.87. The van der Waals surface area contributed by atoms with Gasteiger partial charge in [0.1, 0.15) is 0 Å². The van der Waals surface area contributed by atoms with Crippen LogP contribution >= 0.6 is 0 Å². The van der Waals surface area contributed by atoms with E-state index >= 15 is 0 Å². The molecular weight excluding hydrogens is 448 g/mol. The Balaban J connectivity index is 1.57. The lowest BCUT2D eigenvalue weighted by Gasteiger charge is -2.51. The molecule has 2 nitrogen and oxygen atoms in total. The maximum absolute atomic E-state index is 5.45. The zero-order valence-corrected chi connectivity index (χ0v) is 23.2. The summed E-state index contributed by atoms with van der Waals surface area (Å²) in [5.41, 5.74) is 5.82. The van der Waals surface area contributed by atoms with E-state index in [4.69, 9.17) is 9.98 Å². The van der Waals surface area contributed by atoms with Gasteiger partial charge in [-0.05, 0) is 73.6 Å². The molecule has 0 bridgehead atoms. The van der Waals surface area contributed by atoms with Crippen molar-refractivity contribution in [2.45, 2.75) is 121 Å². The van der Waals surface area contributed by atoms with E-state index in [1.807, 2.05) is 0 Å². The van der Waals surface area contributed by atoms with Crippen LogP contribution in [0.15, 0.2) is 58.5 Å². The van der Waals surface area contributed by atoms with Crippen molar-refractivity contribution in [1.82, 2.24) is 0 Å². The quantitative estimate of drug-likeness (QED) is 0.357. The summed E-state index contributed by atoms with van der Waals surface area (Å²) in [5, 5.41) is 0. The van der Waals surface area contributed by atoms with Gasteiger partial charge in [0.2, 0.25) is 0 Å². The van der Waals surface area contributed by atoms with Crippen LogP contribution in [0.3, 0.4) is 0 Å². The first-order valence-corrected chi connectivity index (χ1v) is 15.5. The van der Waals surface area contributed by atoms with Crippen molar-refractivity contribution in [3.05, 3.63) is 59.7 Å². The second kappa shape index (κ2) is 10.2. The van der Waals surface area contributed by atoms with Crippen LogP contribution < -0.4 is 0 Å². The van der Waals surface area contributed by atoms with E-state index in [-0.39, 0.29) is 16.2 Å². The highest BCUT2D eigenvalue weighted by Crippen LogP contribution is 2.72. The monoisotopic (exact) mass is 494 g/mol. The summed E-state index contributed by atoms with van der Waals surface area (Å²) >= 11 is 0. The van der Waals surface area contributed by atoms with Gasteiger partial charge in [0.05, 0.1) is 0 Å². The van der Waals surface area contributed by atoms with E-state index in [9.17, 15) is 0 Å². The van der Waals surface area contributed by atoms with Crippen LogP contribution in [0, 0.1) is 10.8 Å². The third-order valence-electron chi connectivity index (χ3n) is 10.9. The third kappa shape index (κ3) is 3.80. The number of aliphatic imine (C=N–C) groups is 2. The summed E-state index contributed by atoms with van der Waals surface area (Å²) in [4.78, 5) is 10.9. The molecule has 4 aliphatic carbocycles. The fourth-order valence-electron chi connectivity index (χ4n) is 8.97. The smallest absolute Gasteiger partial charge is 0.0496 e. The lowest BCUT2D eigenvalue weighted by Crippen LogP contribution is -2.52. The maximum atomic E-state index is 5.45. The van der Waals surface area contributed by atoms with Gasteiger partial charge in [-0.1, -0.05) is 101 Å². The molecule has 2 heteroatoms. The molecule has 4 aliphatic rings. The first-order chi connectivity index (χ1) is 18.2. The van der Waals surface area contributed by atoms with Gasteiger partial charge >= 0.3 is 0 Å². The lowest BCUT2D eigenvalue weighted by molar-refractivity contribution is 0.197. The van der Waals surface area contributed by atoms with Gasteiger partial charge in [0, 0.05) is 40.8 Å². The van der Waals surface area contributed by atoms with Crippen LogP contribution in [0.4, 0.5) is 0 Å². The largest absolute Gasteiger partial charge is 0.294 e. The van der Waals surface area contributed by atoms with Crippen molar-refractivity contribution >= 4 is 12.4 Å². The number of benzene rings is 2. The molecule has 37 heavy (non-hydrogen) atoms. The van der Waals surface area contributed by atoms with E-state index < -0.39 is 0 Å². The highest BCUT2D eigenvalue weighted by atomic mass is 14.8. The molecule has 2 aromatic carbocycles. The number of fused-ring (bicyclic) bond motifs is 5. The van der Waals surface area contributed by atoms with Crippen molar-refractivity contribution in [3.8, 4) is 11.1 Å². The van der Waals surface area contributed by atoms with Crippen molar-refractivity contribution in [2.24, 2.45) is 20.8 Å². The van der Waals surface area contributed by atoms with E-state index in [1.54, 1.807) is 0 Å². The Kier molecular flexibility index (Phi) is 6.88. The summed E-state index contributed by atoms with van der Waals surface area (Å²) in [6, 6.07) is 19.7. The average molecular weight is 495 g/mol. The molecule has 0 amide bonds. The Hall–Kier alpha value is -2.22. The third-order valence-corrected chi connectivity index (χ3v) is 10.9. The molecule has 196 valence electrons. The molecule has 0 aromatic heterocycles. The van der Waals surface area contributed by atoms with Crippen LogP contribution in [0.5, 0.6) is 0 Å². The Labute approximate surface area is 225 Å². The average Bonchev–Trinajstić information content (AvgIpc) is 3.44. The molecule has 0 heterocycles. The zero-order chi connectivity index (χ0) is 25.3. The molecule has 0 radical (unpaired) electrons. The van der Waals surface area contributed by atoms with Gasteiger partial charge in [-0.3, -0.25) is 9.98 Å². The molecule has 0 aliphatic heterocycles. The van der Waals surface area contributed by atoms with Crippen LogP contribution in [0.1, 0.15) is 115 Å². The normalized spacial score (nSPS) is 29.9. The Morgan fingerprint density at radius 1 is 0.622 bits per heavy atom. The molecule has 0 N–H and O–H groups in total. The van der Waals surface area contributed by atoms with Gasteiger partial charge in [0.25, 0.3) is 0 Å². The van der Waals surface area contributed by atoms with Gasteiger partial charge in [-0.2, -0.15) is 0 Å². The minimum absolute atomic E-state index is 0.00173. The highest BCUT2D eigenvalue weighted by Gasteiger charge is 2.69. The number of rotatable bonds is 6. The van der Waals surface area contributed by atoms with E-state index in [1.165, 1.54) is 99.3 Å². The predicted octanol–water partition coefficient (Wildman–Crippen LogP) is 9.35. The standard InChI is InChI=1S/C35H46N2/c1-3-33(25-36-27-15-7-5-8-16-27)23-24-34(4-2,26-37-28-17-9-6-10-18-28)35(33)31-21-13-11-19-29(31)30-20-12-14-22-32(30)35/h11-14,19-22,25-28H,3-10,15-18,23-24H2,1-2H3/b36-25+,37-26+. The number of hydrogen-bond acceptors (Lipinski definition) is 2. The molecule has 3 saturated carbocycles. The molecule has 0 saturated heterocycles. The summed E-state index contributed by atoms with van der Waals surface area (Å²) in [7, 11) is 0. The lowest BCUT2D eigenvalue weighted by atomic mass is 9.50. The predicted molar refractivity (Wildman–Crippen MR) is 158 cm³/mol. The first-order valence-electron chi connectivity index (χ1n) is 15.5. The Morgan fingerprint density at radius 3 is 1.43 bits per heavy atom. The fraction of sp³-hybridized carbons (Fsp3) is 0.600. The Morgan fingerprint density at radius 2 is 1.03 bits per heavy atom. The fourth-order valence-corrected chi connectivity index (χ4v) is 8.97. The molecular formula is C35H46N2. The van der Waals surface area contributed by atoms with Gasteiger partial charge in [0.15, 0.2) is 0 Å². The second-order valence-electron chi connectivity index (χ2n) is 12.5. The number of hydrogen-bond donors (Lipinski definition) is 0. The molecule has 2 aromatic rings. The van der Waals surface area contributed by atoms with E-state index in [0.717, 1.165) is 12.8 Å². The van der Waals surface area contributed by atoms with Crippen LogP contribution in [0.25, 0.3) is 11.1 Å². The topological polar surface area (TPSA) is 24.7 Å². The van der Waals surface area contributed by atoms with Crippen molar-refractivity contribution < 1.29 is 0 Å². The second-order valence-corrected chi connectivity index (χ2v) is 12.5. The minimum Gasteiger partial charge on any atom is -0.294 e. The number of nitrogens with zero attached hydrogens (tertiary/aromatic N) is 2. The van der Waals surface area contributed by atoms with Crippen LogP contribution in [-0.4, -0.2) is 24.5 Å². The molecule has 2 unspecified atom stereocenters. The van der Waals surface area contributed by atoms with Crippen molar-refractivity contribution in [3.63, 3.8) is 0 Å². The van der Waals surface area contributed by atoms with E-state index in [0.29, 0.717) is 12.1 Å². The summed E-state index contributed by atoms with van der Waals surface area (Å²) in [5.74, 6) is 0. The van der Waals surface area contributed by atoms with Crippen LogP contribution in [0.2, 0.25) is 0 Å². The SMILES string of the molecule is CCC1(/C=N/C2CCCCC2)CCC(/C=N/C2CCCCC2)(CC)C12c1ccccc1-c1ccccc12. The molecule has 1 spiro atoms. The van der Waals surface area contributed by atoms with Gasteiger partial charge in [-0.15, -0.1) is 0 Å². The van der Waals surface area contributed by atoms with E-state index in [2.05, 4.69) is 74.8 Å². The van der Waals surface area contributed by atoms with Crippen molar-refractivity contribution in [1.29, 1.82) is 0 Å². The first kappa shape index (κ1) is 25.1. The molecule has 2 atom stereocenters. The summed E-state index contributed by atoms with van der Waals surface area (Å²) < 4.78 is 0. The maximum Gasteiger partial charge on any atom is 0.0496 e. The highest BCUT2D eigenvalue weighted by molar-refractivity contribution is 5.91. The van der Waals surface area contributed by atoms with Crippen molar-refractivity contribution in [2.75, 3.05) is 0 Å². The Bertz CT molecular complexity index is 1060. The van der Waals surface area contributed by atoms with Gasteiger partial charge < -0.3 is 0 Å². The minimum atomic E-state index is -0.118.